The van der Waals surface area contributed by atoms with E-state index in [1.54, 1.807) is 12.1 Å². The normalized spacial score (nSPS) is 10.3. The molecule has 1 aromatic carbocycles. The first-order valence-electron chi connectivity index (χ1n) is 5.93. The van der Waals surface area contributed by atoms with E-state index in [1.807, 2.05) is 6.07 Å². The molecule has 2 aromatic rings. The Morgan fingerprint density at radius 2 is 2.05 bits per heavy atom. The zero-order valence-corrected chi connectivity index (χ0v) is 12.3. The highest BCUT2D eigenvalue weighted by molar-refractivity contribution is 7.12. The Balaban J connectivity index is 2.03. The lowest BCUT2D eigenvalue weighted by molar-refractivity contribution is -0.384. The van der Waals surface area contributed by atoms with Gasteiger partial charge in [-0.05, 0) is 24.3 Å². The first-order valence-corrected chi connectivity index (χ1v) is 7.12. The van der Waals surface area contributed by atoms with Crippen molar-refractivity contribution in [1.82, 2.24) is 0 Å². The number of halogens is 1. The minimum absolute atomic E-state index is 0.00289. The number of carboxylic acids is 1. The van der Waals surface area contributed by atoms with E-state index in [1.165, 1.54) is 23.5 Å². The molecule has 0 aliphatic rings. The Bertz CT molecular complexity index is 687. The van der Waals surface area contributed by atoms with Gasteiger partial charge in [-0.1, -0.05) is 11.6 Å². The third kappa shape index (κ3) is 4.17. The van der Waals surface area contributed by atoms with Crippen LogP contribution in [0.2, 0.25) is 5.02 Å². The summed E-state index contributed by atoms with van der Waals surface area (Å²) in [7, 11) is 0. The Morgan fingerprint density at radius 3 is 2.71 bits per heavy atom. The Morgan fingerprint density at radius 1 is 1.33 bits per heavy atom. The van der Waals surface area contributed by atoms with Crippen molar-refractivity contribution in [2.24, 2.45) is 0 Å². The van der Waals surface area contributed by atoms with Gasteiger partial charge in [-0.15, -0.1) is 11.3 Å². The Labute approximate surface area is 129 Å². The van der Waals surface area contributed by atoms with Crippen LogP contribution in [-0.2, 0) is 17.8 Å². The number of aliphatic carboxylic acids is 1. The second-order valence-electron chi connectivity index (χ2n) is 4.22. The summed E-state index contributed by atoms with van der Waals surface area (Å²) in [5.74, 6) is -0.871. The minimum atomic E-state index is -0.871. The maximum atomic E-state index is 10.8. The summed E-state index contributed by atoms with van der Waals surface area (Å²) in [6.45, 7) is 0.461. The maximum Gasteiger partial charge on any atom is 0.308 e. The van der Waals surface area contributed by atoms with Crippen molar-refractivity contribution in [3.8, 4) is 0 Å². The molecular weight excluding hydrogens is 316 g/mol. The molecule has 0 aliphatic carbocycles. The van der Waals surface area contributed by atoms with Crippen LogP contribution in [0.1, 0.15) is 9.75 Å². The lowest BCUT2D eigenvalue weighted by Gasteiger charge is -2.05. The van der Waals surface area contributed by atoms with E-state index < -0.39 is 10.9 Å². The predicted octanol–water partition coefficient (Wildman–Crippen LogP) is 3.55. The van der Waals surface area contributed by atoms with Crippen LogP contribution in [-0.4, -0.2) is 16.0 Å². The second-order valence-corrected chi connectivity index (χ2v) is 5.88. The van der Waals surface area contributed by atoms with E-state index in [4.69, 9.17) is 16.7 Å². The van der Waals surface area contributed by atoms with Crippen LogP contribution in [0.25, 0.3) is 0 Å². The smallest absolute Gasteiger partial charge is 0.308 e. The molecule has 0 saturated heterocycles. The molecule has 110 valence electrons. The second kappa shape index (κ2) is 6.55. The van der Waals surface area contributed by atoms with E-state index in [0.29, 0.717) is 12.2 Å². The molecule has 2 rings (SSSR count). The van der Waals surface area contributed by atoms with Gasteiger partial charge in [0.1, 0.15) is 5.02 Å². The van der Waals surface area contributed by atoms with E-state index >= 15 is 0 Å². The number of hydrogen-bond acceptors (Lipinski definition) is 5. The summed E-state index contributed by atoms with van der Waals surface area (Å²) in [6, 6.07) is 8.09. The quantitative estimate of drug-likeness (QED) is 0.625. The molecule has 1 aromatic heterocycles. The lowest BCUT2D eigenvalue weighted by Crippen LogP contribution is -1.99. The van der Waals surface area contributed by atoms with Gasteiger partial charge in [-0.2, -0.15) is 0 Å². The molecule has 8 heteroatoms. The molecule has 0 bridgehead atoms. The summed E-state index contributed by atoms with van der Waals surface area (Å²) < 4.78 is 0. The standard InChI is InChI=1S/C13H11ClN2O4S/c14-11-4-1-8(5-12(11)16(19)20)15-7-10-3-2-9(21-10)6-13(17)18/h1-5,15H,6-7H2,(H,17,18). The molecule has 0 amide bonds. The van der Waals surface area contributed by atoms with Crippen LogP contribution in [0.5, 0.6) is 0 Å². The number of nitrogens with zero attached hydrogens (tertiary/aromatic N) is 1. The molecule has 2 N–H and O–H groups in total. The number of hydrogen-bond donors (Lipinski definition) is 2. The number of thiophene rings is 1. The summed E-state index contributed by atoms with van der Waals surface area (Å²) in [5.41, 5.74) is 0.429. The first kappa shape index (κ1) is 15.3. The van der Waals surface area contributed by atoms with Gasteiger partial charge in [0.15, 0.2) is 0 Å². The van der Waals surface area contributed by atoms with Crippen molar-refractivity contribution in [2.75, 3.05) is 5.32 Å². The lowest BCUT2D eigenvalue weighted by atomic mass is 10.2. The Hall–Kier alpha value is -2.12. The number of benzene rings is 1. The molecule has 0 spiro atoms. The van der Waals surface area contributed by atoms with Crippen molar-refractivity contribution >= 4 is 40.3 Å². The van der Waals surface area contributed by atoms with Gasteiger partial charge >= 0.3 is 5.97 Å². The third-order valence-corrected chi connectivity index (χ3v) is 4.06. The summed E-state index contributed by atoms with van der Waals surface area (Å²) in [5, 5.41) is 22.6. The molecule has 6 nitrogen and oxygen atoms in total. The SMILES string of the molecule is O=C(O)Cc1ccc(CNc2ccc(Cl)c([N+](=O)[O-])c2)s1. The number of nitro groups is 1. The molecule has 0 radical (unpaired) electrons. The van der Waals surface area contributed by atoms with Crippen molar-refractivity contribution in [3.63, 3.8) is 0 Å². The zero-order valence-electron chi connectivity index (χ0n) is 10.7. The fourth-order valence-corrected chi connectivity index (χ4v) is 2.85. The van der Waals surface area contributed by atoms with Gasteiger partial charge in [-0.25, -0.2) is 0 Å². The van der Waals surface area contributed by atoms with Gasteiger partial charge in [0, 0.05) is 28.1 Å². The molecule has 0 saturated carbocycles. The van der Waals surface area contributed by atoms with Crippen molar-refractivity contribution in [3.05, 3.63) is 55.2 Å². The number of anilines is 1. The Kier molecular flexibility index (Phi) is 4.77. The number of rotatable bonds is 6. The highest BCUT2D eigenvalue weighted by atomic mass is 35.5. The fourth-order valence-electron chi connectivity index (χ4n) is 1.71. The minimum Gasteiger partial charge on any atom is -0.481 e. The van der Waals surface area contributed by atoms with Crippen LogP contribution in [0.3, 0.4) is 0 Å². The van der Waals surface area contributed by atoms with Crippen molar-refractivity contribution in [2.45, 2.75) is 13.0 Å². The topological polar surface area (TPSA) is 92.5 Å². The molecule has 0 aliphatic heterocycles. The molecule has 0 fully saturated rings. The largest absolute Gasteiger partial charge is 0.481 e. The number of nitro benzene ring substituents is 1. The van der Waals surface area contributed by atoms with E-state index in [9.17, 15) is 14.9 Å². The van der Waals surface area contributed by atoms with Gasteiger partial charge in [0.2, 0.25) is 0 Å². The number of carbonyl (C=O) groups is 1. The van der Waals surface area contributed by atoms with Crippen molar-refractivity contribution in [1.29, 1.82) is 0 Å². The third-order valence-electron chi connectivity index (χ3n) is 2.65. The van der Waals surface area contributed by atoms with Crippen molar-refractivity contribution < 1.29 is 14.8 Å². The van der Waals surface area contributed by atoms with E-state index in [0.717, 1.165) is 9.75 Å². The van der Waals surface area contributed by atoms with Crippen LogP contribution in [0.4, 0.5) is 11.4 Å². The summed E-state index contributed by atoms with van der Waals surface area (Å²) in [6.07, 6.45) is -0.00289. The average Bonchev–Trinajstić information content (AvgIpc) is 2.84. The zero-order chi connectivity index (χ0) is 15.4. The van der Waals surface area contributed by atoms with Crippen LogP contribution in [0.15, 0.2) is 30.3 Å². The monoisotopic (exact) mass is 326 g/mol. The number of nitrogens with one attached hydrogen (secondary N) is 1. The maximum absolute atomic E-state index is 10.8. The number of carboxylic acid groups (broad SMARTS) is 1. The van der Waals surface area contributed by atoms with E-state index in [-0.39, 0.29) is 17.1 Å². The molecular formula is C13H11ClN2O4S. The van der Waals surface area contributed by atoms with Crippen LogP contribution < -0.4 is 5.32 Å². The molecule has 1 heterocycles. The predicted molar refractivity (Wildman–Crippen MR) is 81.1 cm³/mol. The molecule has 0 atom stereocenters. The van der Waals surface area contributed by atoms with Crippen LogP contribution in [0, 0.1) is 10.1 Å². The highest BCUT2D eigenvalue weighted by Crippen LogP contribution is 2.28. The molecule has 0 unspecified atom stereocenters. The van der Waals surface area contributed by atoms with Gasteiger partial charge in [0.25, 0.3) is 5.69 Å². The van der Waals surface area contributed by atoms with Gasteiger partial charge < -0.3 is 10.4 Å². The van der Waals surface area contributed by atoms with E-state index in [2.05, 4.69) is 5.32 Å². The van der Waals surface area contributed by atoms with Crippen LogP contribution >= 0.6 is 22.9 Å². The van der Waals surface area contributed by atoms with Gasteiger partial charge in [-0.3, -0.25) is 14.9 Å². The first-order chi connectivity index (χ1) is 9.95. The highest BCUT2D eigenvalue weighted by Gasteiger charge is 2.12. The molecule has 21 heavy (non-hydrogen) atoms. The van der Waals surface area contributed by atoms with Gasteiger partial charge in [0.05, 0.1) is 11.3 Å². The average molecular weight is 327 g/mol. The fraction of sp³-hybridized carbons (Fsp3) is 0.154. The summed E-state index contributed by atoms with van der Waals surface area (Å²) >= 11 is 7.13. The summed E-state index contributed by atoms with van der Waals surface area (Å²) in [4.78, 5) is 22.6.